The van der Waals surface area contributed by atoms with Gasteiger partial charge in [0.15, 0.2) is 0 Å². The zero-order valence-corrected chi connectivity index (χ0v) is 15.1. The Hall–Kier alpha value is -2.38. The van der Waals surface area contributed by atoms with Crippen molar-refractivity contribution in [2.75, 3.05) is 11.5 Å². The van der Waals surface area contributed by atoms with Gasteiger partial charge in [0.25, 0.3) is 0 Å². The highest BCUT2D eigenvalue weighted by atomic mass is 32.2. The summed E-state index contributed by atoms with van der Waals surface area (Å²) in [6.07, 6.45) is 3.63. The Kier molecular flexibility index (Phi) is 4.19. The van der Waals surface area contributed by atoms with Gasteiger partial charge >= 0.3 is 0 Å². The lowest BCUT2D eigenvalue weighted by Gasteiger charge is -2.30. The predicted molar refractivity (Wildman–Crippen MR) is 106 cm³/mol. The van der Waals surface area contributed by atoms with Crippen molar-refractivity contribution in [2.45, 2.75) is 37.1 Å². The molecule has 3 aromatic rings. The maximum absolute atomic E-state index is 9.90. The van der Waals surface area contributed by atoms with Crippen LogP contribution >= 0.6 is 11.8 Å². The van der Waals surface area contributed by atoms with Gasteiger partial charge in [-0.15, -0.1) is 11.8 Å². The average molecular weight is 347 g/mol. The van der Waals surface area contributed by atoms with Crippen LogP contribution in [0.4, 0.5) is 5.69 Å². The average Bonchev–Trinajstić information content (AvgIpc) is 2.88. The van der Waals surface area contributed by atoms with Crippen molar-refractivity contribution in [3.8, 4) is 17.3 Å². The Morgan fingerprint density at radius 3 is 2.56 bits per heavy atom. The third-order valence-electron chi connectivity index (χ3n) is 5.02. The van der Waals surface area contributed by atoms with E-state index in [9.17, 15) is 5.26 Å². The number of nitrogens with zero attached hydrogens (tertiary/aromatic N) is 2. The van der Waals surface area contributed by atoms with Crippen LogP contribution in [0.15, 0.2) is 47.4 Å². The number of nitrogen functional groups attached to an aromatic ring is 1. The summed E-state index contributed by atoms with van der Waals surface area (Å²) in [7, 11) is 0. The molecule has 0 atom stereocenters. The Morgan fingerprint density at radius 2 is 1.96 bits per heavy atom. The third-order valence-corrected chi connectivity index (χ3v) is 5.90. The summed E-state index contributed by atoms with van der Waals surface area (Å²) in [6.45, 7) is 2.17. The number of aromatic nitrogens is 1. The molecule has 3 nitrogen and oxygen atoms in total. The second-order valence-corrected chi connectivity index (χ2v) is 7.86. The van der Waals surface area contributed by atoms with Gasteiger partial charge in [-0.1, -0.05) is 25.1 Å². The smallest absolute Gasteiger partial charge is 0.102 e. The van der Waals surface area contributed by atoms with Gasteiger partial charge in [-0.25, -0.2) is 0 Å². The molecule has 1 aliphatic carbocycles. The molecule has 1 aromatic heterocycles. The molecule has 1 heterocycles. The van der Waals surface area contributed by atoms with Crippen LogP contribution in [0.25, 0.3) is 22.2 Å². The largest absolute Gasteiger partial charge is 0.399 e. The summed E-state index contributed by atoms with van der Waals surface area (Å²) < 4.78 is 2.41. The molecular weight excluding hydrogens is 326 g/mol. The molecule has 2 aromatic carbocycles. The van der Waals surface area contributed by atoms with Gasteiger partial charge < -0.3 is 10.3 Å². The number of benzene rings is 2. The molecule has 0 radical (unpaired) electrons. The third kappa shape index (κ3) is 2.69. The van der Waals surface area contributed by atoms with E-state index >= 15 is 0 Å². The number of hydrogen-bond acceptors (Lipinski definition) is 3. The minimum absolute atomic E-state index is 0.485. The molecule has 25 heavy (non-hydrogen) atoms. The van der Waals surface area contributed by atoms with E-state index in [0.717, 1.165) is 33.6 Å². The van der Waals surface area contributed by atoms with Gasteiger partial charge in [-0.2, -0.15) is 5.26 Å². The van der Waals surface area contributed by atoms with Crippen LogP contribution in [0.2, 0.25) is 0 Å². The van der Waals surface area contributed by atoms with Crippen molar-refractivity contribution in [2.24, 2.45) is 0 Å². The van der Waals surface area contributed by atoms with Crippen molar-refractivity contribution in [3.63, 3.8) is 0 Å². The van der Waals surface area contributed by atoms with E-state index in [2.05, 4.69) is 35.8 Å². The molecule has 0 amide bonds. The van der Waals surface area contributed by atoms with E-state index in [0.29, 0.717) is 6.04 Å². The van der Waals surface area contributed by atoms with E-state index < -0.39 is 0 Å². The molecule has 0 bridgehead atoms. The van der Waals surface area contributed by atoms with Crippen molar-refractivity contribution in [3.05, 3.63) is 48.0 Å². The standard InChI is InChI=1S/C21H21N3S/c1-2-25-17-10-11-18-19(13-22)21(14-6-8-15(23)9-7-14)24(20(18)12-17)16-4-3-5-16/h6-12,16H,2-5,23H2,1H3. The Labute approximate surface area is 152 Å². The monoisotopic (exact) mass is 347 g/mol. The van der Waals surface area contributed by atoms with Crippen LogP contribution < -0.4 is 5.73 Å². The molecule has 1 saturated carbocycles. The molecule has 0 saturated heterocycles. The highest BCUT2D eigenvalue weighted by Gasteiger charge is 2.27. The molecule has 0 unspecified atom stereocenters. The van der Waals surface area contributed by atoms with Crippen LogP contribution in [0.1, 0.15) is 37.8 Å². The maximum Gasteiger partial charge on any atom is 0.102 e. The Balaban J connectivity index is 2.02. The first-order valence-corrected chi connectivity index (χ1v) is 9.78. The molecule has 126 valence electrons. The number of thioether (sulfide) groups is 1. The number of anilines is 1. The Bertz CT molecular complexity index is 959. The topological polar surface area (TPSA) is 54.7 Å². The van der Waals surface area contributed by atoms with Crippen LogP contribution in [0.5, 0.6) is 0 Å². The minimum atomic E-state index is 0.485. The van der Waals surface area contributed by atoms with Crippen LogP contribution in [-0.4, -0.2) is 10.3 Å². The summed E-state index contributed by atoms with van der Waals surface area (Å²) in [5.41, 5.74) is 10.7. The normalized spacial score (nSPS) is 14.4. The van der Waals surface area contributed by atoms with Crippen molar-refractivity contribution < 1.29 is 0 Å². The molecule has 1 fully saturated rings. The van der Waals surface area contributed by atoms with E-state index in [1.54, 1.807) is 0 Å². The van der Waals surface area contributed by atoms with Gasteiger partial charge in [0.05, 0.1) is 16.8 Å². The highest BCUT2D eigenvalue weighted by molar-refractivity contribution is 7.99. The number of nitriles is 1. The van der Waals surface area contributed by atoms with E-state index in [1.807, 2.05) is 36.0 Å². The van der Waals surface area contributed by atoms with E-state index in [4.69, 9.17) is 5.73 Å². The summed E-state index contributed by atoms with van der Waals surface area (Å²) in [6, 6.07) is 17.3. The molecule has 0 spiro atoms. The highest BCUT2D eigenvalue weighted by Crippen LogP contribution is 2.43. The summed E-state index contributed by atoms with van der Waals surface area (Å²) >= 11 is 1.84. The van der Waals surface area contributed by atoms with E-state index in [-0.39, 0.29) is 0 Å². The van der Waals surface area contributed by atoms with Crippen molar-refractivity contribution in [1.82, 2.24) is 4.57 Å². The van der Waals surface area contributed by atoms with Crippen LogP contribution in [-0.2, 0) is 0 Å². The fraction of sp³-hybridized carbons (Fsp3) is 0.286. The molecule has 0 aliphatic heterocycles. The summed E-state index contributed by atoms with van der Waals surface area (Å²) in [5.74, 6) is 1.05. The fourth-order valence-electron chi connectivity index (χ4n) is 3.61. The van der Waals surface area contributed by atoms with Gasteiger partial charge in [-0.05, 0) is 54.8 Å². The molecule has 1 aliphatic rings. The quantitative estimate of drug-likeness (QED) is 0.494. The predicted octanol–water partition coefficient (Wildman–Crippen LogP) is 5.60. The summed E-state index contributed by atoms with van der Waals surface area (Å²) in [4.78, 5) is 1.27. The first-order chi connectivity index (χ1) is 12.2. The van der Waals surface area contributed by atoms with Crippen molar-refractivity contribution >= 4 is 28.4 Å². The SMILES string of the molecule is CCSc1ccc2c(C#N)c(-c3ccc(N)cc3)n(C3CCC3)c2c1. The number of fused-ring (bicyclic) bond motifs is 1. The molecule has 2 N–H and O–H groups in total. The second kappa shape index (κ2) is 6.50. The van der Waals surface area contributed by atoms with Gasteiger partial charge in [-0.3, -0.25) is 0 Å². The minimum Gasteiger partial charge on any atom is -0.399 e. The molecular formula is C21H21N3S. The van der Waals surface area contributed by atoms with Crippen molar-refractivity contribution in [1.29, 1.82) is 5.26 Å². The molecule has 4 rings (SSSR count). The lowest BCUT2D eigenvalue weighted by Crippen LogP contribution is -2.17. The first-order valence-electron chi connectivity index (χ1n) is 8.79. The van der Waals surface area contributed by atoms with Crippen LogP contribution in [0, 0.1) is 11.3 Å². The lowest BCUT2D eigenvalue weighted by atomic mass is 9.92. The van der Waals surface area contributed by atoms with Gasteiger partial charge in [0, 0.05) is 22.0 Å². The number of nitrogens with two attached hydrogens (primary N) is 1. The maximum atomic E-state index is 9.90. The zero-order chi connectivity index (χ0) is 17.4. The van der Waals surface area contributed by atoms with Gasteiger partial charge in [0.2, 0.25) is 0 Å². The van der Waals surface area contributed by atoms with Crippen LogP contribution in [0.3, 0.4) is 0 Å². The van der Waals surface area contributed by atoms with Gasteiger partial charge in [0.1, 0.15) is 6.07 Å². The Morgan fingerprint density at radius 1 is 1.20 bits per heavy atom. The molecule has 4 heteroatoms. The number of hydrogen-bond donors (Lipinski definition) is 1. The summed E-state index contributed by atoms with van der Waals surface area (Å²) in [5, 5.41) is 11.0. The lowest BCUT2D eigenvalue weighted by molar-refractivity contribution is 0.324. The van der Waals surface area contributed by atoms with E-state index in [1.165, 1.54) is 29.7 Å². The second-order valence-electron chi connectivity index (χ2n) is 6.52. The first kappa shape index (κ1) is 16.1. The number of rotatable bonds is 4. The fourth-order valence-corrected chi connectivity index (χ4v) is 4.30. The zero-order valence-electron chi connectivity index (χ0n) is 14.3.